The van der Waals surface area contributed by atoms with Crippen molar-refractivity contribution >= 4 is 45.8 Å². The van der Waals surface area contributed by atoms with Crippen molar-refractivity contribution in [1.82, 2.24) is 4.90 Å². The van der Waals surface area contributed by atoms with E-state index in [4.69, 9.17) is 21.6 Å². The fraction of sp³-hybridized carbons (Fsp3) is 0.348. The Bertz CT molecular complexity index is 995. The van der Waals surface area contributed by atoms with Gasteiger partial charge in [-0.3, -0.25) is 4.99 Å². The highest BCUT2D eigenvalue weighted by Gasteiger charge is 2.40. The van der Waals surface area contributed by atoms with E-state index in [1.165, 1.54) is 5.56 Å². The van der Waals surface area contributed by atoms with E-state index in [0.29, 0.717) is 36.6 Å². The van der Waals surface area contributed by atoms with Gasteiger partial charge in [-0.15, -0.1) is 11.8 Å². The summed E-state index contributed by atoms with van der Waals surface area (Å²) in [5, 5.41) is 4.45. The zero-order valence-electron chi connectivity index (χ0n) is 17.2. The fourth-order valence-electron chi connectivity index (χ4n) is 3.71. The zero-order valence-corrected chi connectivity index (χ0v) is 18.8. The maximum atomic E-state index is 12.7. The number of hydrogen-bond donors (Lipinski definition) is 1. The lowest BCUT2D eigenvalue weighted by Gasteiger charge is -2.35. The van der Waals surface area contributed by atoms with Gasteiger partial charge in [0.1, 0.15) is 5.04 Å². The molecule has 2 amide bonds. The maximum absolute atomic E-state index is 12.7. The Kier molecular flexibility index (Phi) is 6.16. The number of para-hydroxylation sites is 1. The summed E-state index contributed by atoms with van der Waals surface area (Å²) in [6.07, 6.45) is 1.43. The molecule has 0 saturated carbocycles. The molecule has 0 radical (unpaired) electrons. The van der Waals surface area contributed by atoms with Crippen LogP contribution < -0.4 is 5.32 Å². The van der Waals surface area contributed by atoms with Crippen molar-refractivity contribution in [3.63, 3.8) is 0 Å². The van der Waals surface area contributed by atoms with E-state index in [1.807, 2.05) is 17.0 Å². The summed E-state index contributed by atoms with van der Waals surface area (Å²) in [6.45, 7) is 5.43. The average molecular weight is 441 g/mol. The van der Waals surface area contributed by atoms with Crippen molar-refractivity contribution in [2.24, 2.45) is 9.98 Å². The van der Waals surface area contributed by atoms with Crippen LogP contribution in [0.3, 0.4) is 0 Å². The van der Waals surface area contributed by atoms with Crippen molar-refractivity contribution in [2.75, 3.05) is 24.2 Å². The van der Waals surface area contributed by atoms with Gasteiger partial charge in [-0.2, -0.15) is 0 Å². The van der Waals surface area contributed by atoms with Crippen LogP contribution in [0.15, 0.2) is 58.5 Å². The number of urea groups is 1. The monoisotopic (exact) mass is 440 g/mol. The first-order valence-electron chi connectivity index (χ1n) is 10.2. The zero-order chi connectivity index (χ0) is 21.1. The molecular weight excluding hydrogens is 416 g/mol. The van der Waals surface area contributed by atoms with Crippen LogP contribution in [0.25, 0.3) is 0 Å². The number of nitrogens with one attached hydrogen (secondary N) is 1. The number of carbonyl (C=O) groups excluding carboxylic acids is 1. The van der Waals surface area contributed by atoms with Crippen molar-refractivity contribution in [1.29, 1.82) is 0 Å². The second-order valence-corrected chi connectivity index (χ2v) is 9.22. The third-order valence-corrected chi connectivity index (χ3v) is 6.58. The first-order chi connectivity index (χ1) is 14.5. The normalized spacial score (nSPS) is 17.6. The highest BCUT2D eigenvalue weighted by Crippen LogP contribution is 2.36. The molecule has 0 bridgehead atoms. The molecule has 0 atom stereocenters. The maximum Gasteiger partial charge on any atom is 0.321 e. The number of aliphatic imine (C=N–C) groups is 2. The summed E-state index contributed by atoms with van der Waals surface area (Å²) in [5.41, 5.74) is 3.49. The van der Waals surface area contributed by atoms with E-state index in [9.17, 15) is 4.79 Å². The number of benzene rings is 2. The third-order valence-electron chi connectivity index (χ3n) is 5.41. The van der Waals surface area contributed by atoms with Crippen molar-refractivity contribution < 1.29 is 4.79 Å². The molecule has 0 aromatic heterocycles. The molecule has 1 saturated heterocycles. The highest BCUT2D eigenvalue weighted by molar-refractivity contribution is 8.15. The van der Waals surface area contributed by atoms with Gasteiger partial charge >= 0.3 is 6.03 Å². The largest absolute Gasteiger partial charge is 0.324 e. The van der Waals surface area contributed by atoms with Crippen molar-refractivity contribution in [3.8, 4) is 0 Å². The number of aryl methyl sites for hydroxylation is 1. The van der Waals surface area contributed by atoms with Crippen molar-refractivity contribution in [2.45, 2.75) is 32.4 Å². The Morgan fingerprint density at radius 3 is 2.50 bits per heavy atom. The van der Waals surface area contributed by atoms with E-state index < -0.39 is 5.66 Å². The lowest BCUT2D eigenvalue weighted by atomic mass is 9.98. The summed E-state index contributed by atoms with van der Waals surface area (Å²) in [6, 6.07) is 15.6. The van der Waals surface area contributed by atoms with Crippen molar-refractivity contribution in [3.05, 3.63) is 64.7 Å². The molecule has 2 aliphatic rings. The number of carbonyl (C=O) groups is 1. The minimum atomic E-state index is -0.459. The molecule has 1 fully saturated rings. The van der Waals surface area contributed by atoms with Crippen LogP contribution in [-0.4, -0.2) is 46.2 Å². The Labute approximate surface area is 186 Å². The van der Waals surface area contributed by atoms with Gasteiger partial charge < -0.3 is 10.2 Å². The Morgan fingerprint density at radius 1 is 1.13 bits per heavy atom. The number of hydrogen-bond acceptors (Lipinski definition) is 4. The fourth-order valence-corrected chi connectivity index (χ4v) is 4.70. The van der Waals surface area contributed by atoms with E-state index in [1.54, 1.807) is 23.9 Å². The lowest BCUT2D eigenvalue weighted by Crippen LogP contribution is -2.46. The van der Waals surface area contributed by atoms with Crippen LogP contribution in [0, 0.1) is 6.92 Å². The second kappa shape index (κ2) is 8.82. The molecule has 4 rings (SSSR count). The molecule has 0 unspecified atom stereocenters. The van der Waals surface area contributed by atoms with Gasteiger partial charge in [0.15, 0.2) is 5.66 Å². The van der Waals surface area contributed by atoms with Crippen LogP contribution in [0.2, 0.25) is 5.02 Å². The summed E-state index contributed by atoms with van der Waals surface area (Å²) < 4.78 is 0. The minimum absolute atomic E-state index is 0.133. The highest BCUT2D eigenvalue weighted by atomic mass is 35.5. The van der Waals surface area contributed by atoms with Gasteiger partial charge in [-0.05, 0) is 24.8 Å². The van der Waals surface area contributed by atoms with Gasteiger partial charge in [0.2, 0.25) is 0 Å². The SMILES string of the molecule is CCSC1=NC2(CCN(C(=O)Nc3ccccc3Cl)CC2)N=C1c1ccc(C)cc1. The number of nitrogens with zero attached hydrogens (tertiary/aromatic N) is 3. The second-order valence-electron chi connectivity index (χ2n) is 7.56. The summed E-state index contributed by atoms with van der Waals surface area (Å²) >= 11 is 7.90. The molecule has 5 nitrogen and oxygen atoms in total. The van der Waals surface area contributed by atoms with E-state index in [0.717, 1.165) is 22.1 Å². The van der Waals surface area contributed by atoms with Gasteiger partial charge in [0.05, 0.1) is 16.4 Å². The number of likely N-dealkylation sites (tertiary alicyclic amines) is 1. The molecular formula is C23H25ClN4OS. The summed E-state index contributed by atoms with van der Waals surface area (Å²) in [5.74, 6) is 0.951. The first-order valence-corrected chi connectivity index (χ1v) is 11.6. The third kappa shape index (κ3) is 4.40. The average Bonchev–Trinajstić information content (AvgIpc) is 3.09. The predicted molar refractivity (Wildman–Crippen MR) is 127 cm³/mol. The number of anilines is 1. The van der Waals surface area contributed by atoms with E-state index in [2.05, 4.69) is 43.4 Å². The van der Waals surface area contributed by atoms with Crippen LogP contribution >= 0.6 is 23.4 Å². The molecule has 2 aromatic carbocycles. The molecule has 2 aromatic rings. The summed E-state index contributed by atoms with van der Waals surface area (Å²) in [7, 11) is 0. The van der Waals surface area contributed by atoms with Crippen LogP contribution in [0.4, 0.5) is 10.5 Å². The Morgan fingerprint density at radius 2 is 1.83 bits per heavy atom. The Hall–Kier alpha value is -2.31. The molecule has 30 heavy (non-hydrogen) atoms. The molecule has 156 valence electrons. The van der Waals surface area contributed by atoms with Crippen LogP contribution in [0.1, 0.15) is 30.9 Å². The molecule has 2 heterocycles. The van der Waals surface area contributed by atoms with Gasteiger partial charge in [0, 0.05) is 31.5 Å². The molecule has 2 aliphatic heterocycles. The van der Waals surface area contributed by atoms with Gasteiger partial charge in [-0.1, -0.05) is 60.5 Å². The number of halogens is 1. The van der Waals surface area contributed by atoms with Crippen LogP contribution in [-0.2, 0) is 0 Å². The quantitative estimate of drug-likeness (QED) is 0.672. The smallest absolute Gasteiger partial charge is 0.321 e. The molecule has 0 aliphatic carbocycles. The minimum Gasteiger partial charge on any atom is -0.324 e. The molecule has 1 spiro atoms. The van der Waals surface area contributed by atoms with E-state index >= 15 is 0 Å². The topological polar surface area (TPSA) is 57.1 Å². The Balaban J connectivity index is 1.48. The van der Waals surface area contributed by atoms with Gasteiger partial charge in [0.25, 0.3) is 0 Å². The number of piperidine rings is 1. The summed E-state index contributed by atoms with van der Waals surface area (Å²) in [4.78, 5) is 24.6. The number of thioether (sulfide) groups is 1. The lowest BCUT2D eigenvalue weighted by molar-refractivity contribution is 0.175. The number of rotatable bonds is 3. The van der Waals surface area contributed by atoms with Gasteiger partial charge in [-0.25, -0.2) is 9.79 Å². The first kappa shape index (κ1) is 20.9. The van der Waals surface area contributed by atoms with E-state index in [-0.39, 0.29) is 6.03 Å². The predicted octanol–water partition coefficient (Wildman–Crippen LogP) is 5.63. The standard InChI is InChI=1S/C23H25ClN4OS/c1-3-30-21-20(17-10-8-16(2)9-11-17)26-23(27-21)12-14-28(15-13-23)22(29)25-19-7-5-4-6-18(19)24/h4-11H,3,12-15H2,1-2H3,(H,25,29). The van der Waals surface area contributed by atoms with Crippen LogP contribution in [0.5, 0.6) is 0 Å². The molecule has 1 N–H and O–H groups in total. The number of amides is 2. The molecule has 7 heteroatoms.